The molecule has 28 heavy (non-hydrogen) atoms. The maximum absolute atomic E-state index is 13.7. The summed E-state index contributed by atoms with van der Waals surface area (Å²) in [6.45, 7) is 1.90. The molecule has 0 atom stereocenters. The minimum Gasteiger partial charge on any atom is -0.268 e. The number of nitrogens with zero attached hydrogens (tertiary/aromatic N) is 3. The Hall–Kier alpha value is -3.31. The fourth-order valence-corrected chi connectivity index (χ4v) is 3.19. The van der Waals surface area contributed by atoms with E-state index in [0.717, 1.165) is 11.4 Å². The number of aromatic nitrogens is 3. The van der Waals surface area contributed by atoms with Gasteiger partial charge in [-0.15, -0.1) is 0 Å². The van der Waals surface area contributed by atoms with Crippen LogP contribution >= 0.6 is 11.6 Å². The number of pyridine rings is 1. The van der Waals surface area contributed by atoms with E-state index in [9.17, 15) is 9.18 Å². The standard InChI is InChI=1S/C22H15ClFN3O/c1-14-5-4-6-16(25-14)10-12-21-26-19-11-9-15(24)13-17(19)22(28)27(21)20-8-3-2-7-18(20)23/h2-13H,1H3/b12-10+. The lowest BCUT2D eigenvalue weighted by molar-refractivity contribution is 0.629. The number of benzene rings is 2. The van der Waals surface area contributed by atoms with Crippen molar-refractivity contribution in [2.45, 2.75) is 6.92 Å². The molecule has 0 N–H and O–H groups in total. The highest BCUT2D eigenvalue weighted by molar-refractivity contribution is 6.32. The van der Waals surface area contributed by atoms with E-state index in [2.05, 4.69) is 9.97 Å². The molecule has 0 fully saturated rings. The molecule has 2 heterocycles. The van der Waals surface area contributed by atoms with Gasteiger partial charge in [0.2, 0.25) is 0 Å². The molecule has 0 amide bonds. The summed E-state index contributed by atoms with van der Waals surface area (Å²) in [7, 11) is 0. The predicted molar refractivity (Wildman–Crippen MR) is 110 cm³/mol. The molecule has 0 saturated heterocycles. The highest BCUT2D eigenvalue weighted by atomic mass is 35.5. The molecule has 2 aromatic heterocycles. The molecular formula is C22H15ClFN3O. The summed E-state index contributed by atoms with van der Waals surface area (Å²) in [5.41, 5.74) is 2.11. The lowest BCUT2D eigenvalue weighted by Gasteiger charge is -2.12. The van der Waals surface area contributed by atoms with Crippen LogP contribution in [0, 0.1) is 12.7 Å². The minimum absolute atomic E-state index is 0.186. The number of aryl methyl sites for hydroxylation is 1. The van der Waals surface area contributed by atoms with Gasteiger partial charge in [-0.2, -0.15) is 0 Å². The molecule has 0 saturated carbocycles. The van der Waals surface area contributed by atoms with E-state index in [4.69, 9.17) is 11.6 Å². The molecule has 4 rings (SSSR count). The normalized spacial score (nSPS) is 11.4. The van der Waals surface area contributed by atoms with Gasteiger partial charge in [-0.25, -0.2) is 9.37 Å². The molecule has 0 aliphatic heterocycles. The van der Waals surface area contributed by atoms with E-state index in [1.807, 2.05) is 25.1 Å². The van der Waals surface area contributed by atoms with Gasteiger partial charge < -0.3 is 0 Å². The summed E-state index contributed by atoms with van der Waals surface area (Å²) in [6, 6.07) is 16.6. The minimum atomic E-state index is -0.496. The van der Waals surface area contributed by atoms with Crippen LogP contribution in [0.1, 0.15) is 17.2 Å². The van der Waals surface area contributed by atoms with Crippen molar-refractivity contribution in [1.82, 2.24) is 14.5 Å². The SMILES string of the molecule is Cc1cccc(/C=C/c2nc3ccc(F)cc3c(=O)n2-c2ccccc2Cl)n1. The van der Waals surface area contributed by atoms with Crippen molar-refractivity contribution in [3.63, 3.8) is 0 Å². The van der Waals surface area contributed by atoms with Gasteiger partial charge in [0.25, 0.3) is 5.56 Å². The fraction of sp³-hybridized carbons (Fsp3) is 0.0455. The molecule has 0 spiro atoms. The van der Waals surface area contributed by atoms with Crippen molar-refractivity contribution in [3.8, 4) is 5.69 Å². The molecule has 6 heteroatoms. The molecule has 0 radical (unpaired) electrons. The van der Waals surface area contributed by atoms with Crippen LogP contribution < -0.4 is 5.56 Å². The second kappa shape index (κ2) is 7.37. The van der Waals surface area contributed by atoms with Gasteiger partial charge in [0.05, 0.1) is 27.3 Å². The molecule has 0 aliphatic rings. The Bertz CT molecular complexity index is 1280. The highest BCUT2D eigenvalue weighted by Crippen LogP contribution is 2.22. The zero-order valence-electron chi connectivity index (χ0n) is 14.9. The average Bonchev–Trinajstić information content (AvgIpc) is 2.68. The number of hydrogen-bond donors (Lipinski definition) is 0. The summed E-state index contributed by atoms with van der Waals surface area (Å²) in [5, 5.41) is 0.580. The average molecular weight is 392 g/mol. The Morgan fingerprint density at radius 2 is 1.82 bits per heavy atom. The molecule has 2 aromatic carbocycles. The second-order valence-corrected chi connectivity index (χ2v) is 6.67. The zero-order valence-corrected chi connectivity index (χ0v) is 15.7. The van der Waals surface area contributed by atoms with Crippen LogP contribution in [-0.4, -0.2) is 14.5 Å². The molecule has 0 aliphatic carbocycles. The first-order valence-electron chi connectivity index (χ1n) is 8.62. The van der Waals surface area contributed by atoms with Gasteiger partial charge in [0.15, 0.2) is 0 Å². The Kier molecular flexibility index (Phi) is 4.75. The molecular weight excluding hydrogens is 377 g/mol. The Morgan fingerprint density at radius 1 is 1.00 bits per heavy atom. The molecule has 138 valence electrons. The topological polar surface area (TPSA) is 47.8 Å². The lowest BCUT2D eigenvalue weighted by Crippen LogP contribution is -2.22. The van der Waals surface area contributed by atoms with Gasteiger partial charge >= 0.3 is 0 Å². The number of para-hydroxylation sites is 1. The third kappa shape index (κ3) is 3.44. The Labute approximate surface area is 165 Å². The summed E-state index contributed by atoms with van der Waals surface area (Å²) in [4.78, 5) is 22.1. The third-order valence-electron chi connectivity index (χ3n) is 4.26. The van der Waals surface area contributed by atoms with Crippen LogP contribution in [0.5, 0.6) is 0 Å². The summed E-state index contributed by atoms with van der Waals surface area (Å²) in [6.07, 6.45) is 3.48. The quantitative estimate of drug-likeness (QED) is 0.491. The van der Waals surface area contributed by atoms with Gasteiger partial charge in [-0.3, -0.25) is 14.3 Å². The highest BCUT2D eigenvalue weighted by Gasteiger charge is 2.14. The lowest BCUT2D eigenvalue weighted by atomic mass is 10.2. The van der Waals surface area contributed by atoms with Crippen molar-refractivity contribution in [3.05, 3.63) is 99.1 Å². The van der Waals surface area contributed by atoms with Gasteiger partial charge in [0, 0.05) is 5.69 Å². The van der Waals surface area contributed by atoms with E-state index < -0.39 is 11.4 Å². The van der Waals surface area contributed by atoms with Crippen LogP contribution in [-0.2, 0) is 0 Å². The summed E-state index contributed by atoms with van der Waals surface area (Å²) in [5.74, 6) is -0.120. The van der Waals surface area contributed by atoms with Crippen LogP contribution in [0.25, 0.3) is 28.7 Å². The number of rotatable bonds is 3. The van der Waals surface area contributed by atoms with Gasteiger partial charge in [0.1, 0.15) is 11.6 Å². The van der Waals surface area contributed by atoms with Crippen molar-refractivity contribution in [1.29, 1.82) is 0 Å². The molecule has 4 nitrogen and oxygen atoms in total. The largest absolute Gasteiger partial charge is 0.268 e. The van der Waals surface area contributed by atoms with Crippen molar-refractivity contribution < 1.29 is 4.39 Å². The Morgan fingerprint density at radius 3 is 2.61 bits per heavy atom. The van der Waals surface area contributed by atoms with Crippen molar-refractivity contribution in [2.75, 3.05) is 0 Å². The predicted octanol–water partition coefficient (Wildman–Crippen LogP) is 5.05. The first-order valence-corrected chi connectivity index (χ1v) is 9.00. The summed E-state index contributed by atoms with van der Waals surface area (Å²) >= 11 is 6.33. The van der Waals surface area contributed by atoms with E-state index in [0.29, 0.717) is 22.1 Å². The van der Waals surface area contributed by atoms with Gasteiger partial charge in [-0.1, -0.05) is 29.8 Å². The number of hydrogen-bond acceptors (Lipinski definition) is 3. The third-order valence-corrected chi connectivity index (χ3v) is 4.58. The van der Waals surface area contributed by atoms with Crippen LogP contribution in [0.3, 0.4) is 0 Å². The van der Waals surface area contributed by atoms with Gasteiger partial charge in [-0.05, 0) is 61.5 Å². The smallest absolute Gasteiger partial charge is 0.266 e. The summed E-state index contributed by atoms with van der Waals surface area (Å²) < 4.78 is 15.1. The van der Waals surface area contributed by atoms with Crippen LogP contribution in [0.4, 0.5) is 4.39 Å². The molecule has 0 unspecified atom stereocenters. The van der Waals surface area contributed by atoms with Crippen LogP contribution in [0.2, 0.25) is 5.02 Å². The Balaban J connectivity index is 1.98. The zero-order chi connectivity index (χ0) is 19.7. The first kappa shape index (κ1) is 18.1. The van der Waals surface area contributed by atoms with Crippen LogP contribution in [0.15, 0.2) is 65.5 Å². The first-order chi connectivity index (χ1) is 13.5. The number of fused-ring (bicyclic) bond motifs is 1. The molecule has 4 aromatic rings. The fourth-order valence-electron chi connectivity index (χ4n) is 2.97. The van der Waals surface area contributed by atoms with E-state index >= 15 is 0 Å². The van der Waals surface area contributed by atoms with E-state index in [1.165, 1.54) is 22.8 Å². The monoisotopic (exact) mass is 391 g/mol. The second-order valence-electron chi connectivity index (χ2n) is 6.26. The maximum atomic E-state index is 13.7. The van der Waals surface area contributed by atoms with E-state index in [1.54, 1.807) is 36.4 Å². The van der Waals surface area contributed by atoms with E-state index in [-0.39, 0.29) is 5.39 Å². The van der Waals surface area contributed by atoms with Crippen molar-refractivity contribution >= 4 is 34.7 Å². The molecule has 0 bridgehead atoms. The van der Waals surface area contributed by atoms with Crippen molar-refractivity contribution in [2.24, 2.45) is 0 Å². The maximum Gasteiger partial charge on any atom is 0.266 e. The number of halogens is 2.